The minimum absolute atomic E-state index is 0.00623. The standard InChI is InChI=1S/C40H72O4/c1-3-5-6-7-8-9-10-11-12-13-14-15-16-17-18-19-20-25-28-31-34-37-40(43)44-38(4-2)35-32-29-26-23-21-22-24-27-30-33-36-39(41)42/h8-9,11-12,17-18,38H,3-7,10,13-16,19-37H2,1-2H3,(H,41,42)/b9-8-,12-11-,18-17-. The number of hydrogen-bond donors (Lipinski definition) is 1. The van der Waals surface area contributed by atoms with E-state index in [1.165, 1.54) is 116 Å². The van der Waals surface area contributed by atoms with Crippen LogP contribution < -0.4 is 0 Å². The summed E-state index contributed by atoms with van der Waals surface area (Å²) in [5.41, 5.74) is 0. The number of aliphatic carboxylic acids is 1. The molecule has 0 heterocycles. The van der Waals surface area contributed by atoms with Crippen molar-refractivity contribution in [3.8, 4) is 0 Å². The van der Waals surface area contributed by atoms with Crippen molar-refractivity contribution in [3.63, 3.8) is 0 Å². The Morgan fingerprint density at radius 3 is 1.43 bits per heavy atom. The lowest BCUT2D eigenvalue weighted by molar-refractivity contribution is -0.149. The summed E-state index contributed by atoms with van der Waals surface area (Å²) >= 11 is 0. The molecule has 0 bridgehead atoms. The van der Waals surface area contributed by atoms with Crippen LogP contribution in [0.15, 0.2) is 36.5 Å². The van der Waals surface area contributed by atoms with Gasteiger partial charge in [0.15, 0.2) is 0 Å². The van der Waals surface area contributed by atoms with E-state index in [9.17, 15) is 9.59 Å². The molecule has 44 heavy (non-hydrogen) atoms. The molecule has 0 saturated heterocycles. The molecular weight excluding hydrogens is 544 g/mol. The summed E-state index contributed by atoms with van der Waals surface area (Å²) in [6.07, 6.45) is 46.8. The molecule has 0 spiro atoms. The van der Waals surface area contributed by atoms with Crippen LogP contribution in [0.5, 0.6) is 0 Å². The molecule has 0 rings (SSSR count). The second-order valence-electron chi connectivity index (χ2n) is 12.7. The first-order valence-electron chi connectivity index (χ1n) is 19.0. The number of carbonyl (C=O) groups excluding carboxylic acids is 1. The van der Waals surface area contributed by atoms with Crippen molar-refractivity contribution in [2.75, 3.05) is 0 Å². The van der Waals surface area contributed by atoms with E-state index in [1.807, 2.05) is 0 Å². The fourth-order valence-electron chi connectivity index (χ4n) is 5.49. The number of allylic oxidation sites excluding steroid dienone is 6. The third-order valence-corrected chi connectivity index (χ3v) is 8.41. The maximum absolute atomic E-state index is 12.3. The molecule has 0 aliphatic carbocycles. The highest BCUT2D eigenvalue weighted by Gasteiger charge is 2.12. The summed E-state index contributed by atoms with van der Waals surface area (Å²) in [7, 11) is 0. The highest BCUT2D eigenvalue weighted by atomic mass is 16.5. The SMILES string of the molecule is CCCCC/C=C\C/C=C\CCCC/C=C\CCCCCCCC(=O)OC(CC)CCCCCCCCCCCCC(=O)O. The quantitative estimate of drug-likeness (QED) is 0.0444. The Morgan fingerprint density at radius 2 is 0.932 bits per heavy atom. The van der Waals surface area contributed by atoms with Crippen LogP contribution in [0.25, 0.3) is 0 Å². The van der Waals surface area contributed by atoms with Gasteiger partial charge in [-0.05, 0) is 89.9 Å². The van der Waals surface area contributed by atoms with E-state index >= 15 is 0 Å². The molecule has 0 aliphatic rings. The van der Waals surface area contributed by atoms with E-state index in [-0.39, 0.29) is 12.1 Å². The molecule has 0 aromatic heterocycles. The van der Waals surface area contributed by atoms with Gasteiger partial charge in [-0.25, -0.2) is 0 Å². The van der Waals surface area contributed by atoms with Crippen LogP contribution in [0, 0.1) is 0 Å². The number of carboxylic acid groups (broad SMARTS) is 1. The van der Waals surface area contributed by atoms with Crippen LogP contribution in [0.3, 0.4) is 0 Å². The number of esters is 1. The zero-order valence-electron chi connectivity index (χ0n) is 29.2. The highest BCUT2D eigenvalue weighted by molar-refractivity contribution is 5.69. The van der Waals surface area contributed by atoms with Gasteiger partial charge in [-0.3, -0.25) is 9.59 Å². The number of carboxylic acids is 1. The van der Waals surface area contributed by atoms with Gasteiger partial charge in [0.2, 0.25) is 0 Å². The first kappa shape index (κ1) is 42.2. The average molecular weight is 617 g/mol. The molecule has 0 saturated carbocycles. The first-order valence-corrected chi connectivity index (χ1v) is 19.0. The molecule has 0 aromatic carbocycles. The van der Waals surface area contributed by atoms with Gasteiger partial charge in [-0.2, -0.15) is 0 Å². The Balaban J connectivity index is 3.48. The van der Waals surface area contributed by atoms with Crippen molar-refractivity contribution in [3.05, 3.63) is 36.5 Å². The largest absolute Gasteiger partial charge is 0.481 e. The predicted octanol–water partition coefficient (Wildman–Crippen LogP) is 13.0. The van der Waals surface area contributed by atoms with Crippen molar-refractivity contribution in [2.24, 2.45) is 0 Å². The summed E-state index contributed by atoms with van der Waals surface area (Å²) in [5.74, 6) is -0.685. The number of carbonyl (C=O) groups is 2. The Hall–Kier alpha value is -1.84. The van der Waals surface area contributed by atoms with Crippen LogP contribution in [-0.2, 0) is 14.3 Å². The van der Waals surface area contributed by atoms with E-state index < -0.39 is 5.97 Å². The van der Waals surface area contributed by atoms with Crippen molar-refractivity contribution >= 4 is 11.9 Å². The molecular formula is C40H72O4. The van der Waals surface area contributed by atoms with Crippen molar-refractivity contribution < 1.29 is 19.4 Å². The van der Waals surface area contributed by atoms with E-state index in [1.54, 1.807) is 0 Å². The van der Waals surface area contributed by atoms with Crippen LogP contribution in [0.1, 0.15) is 200 Å². The predicted molar refractivity (Wildman–Crippen MR) is 190 cm³/mol. The summed E-state index contributed by atoms with van der Waals surface area (Å²) < 4.78 is 5.76. The second-order valence-corrected chi connectivity index (χ2v) is 12.7. The Labute approximate surface area is 273 Å². The van der Waals surface area contributed by atoms with Gasteiger partial charge in [0.25, 0.3) is 0 Å². The zero-order valence-corrected chi connectivity index (χ0v) is 29.2. The lowest BCUT2D eigenvalue weighted by Crippen LogP contribution is -2.17. The fraction of sp³-hybridized carbons (Fsp3) is 0.800. The number of unbranched alkanes of at least 4 members (excludes halogenated alkanes) is 20. The van der Waals surface area contributed by atoms with Gasteiger partial charge in [0.05, 0.1) is 0 Å². The van der Waals surface area contributed by atoms with Crippen molar-refractivity contribution in [2.45, 2.75) is 206 Å². The van der Waals surface area contributed by atoms with Gasteiger partial charge in [-0.1, -0.05) is 134 Å². The molecule has 256 valence electrons. The van der Waals surface area contributed by atoms with Gasteiger partial charge in [-0.15, -0.1) is 0 Å². The molecule has 1 unspecified atom stereocenters. The molecule has 0 amide bonds. The monoisotopic (exact) mass is 617 g/mol. The Kier molecular flexibility index (Phi) is 34.1. The first-order chi connectivity index (χ1) is 21.6. The van der Waals surface area contributed by atoms with Gasteiger partial charge >= 0.3 is 11.9 Å². The third-order valence-electron chi connectivity index (χ3n) is 8.41. The minimum atomic E-state index is -0.678. The molecule has 0 radical (unpaired) electrons. The van der Waals surface area contributed by atoms with Crippen molar-refractivity contribution in [1.29, 1.82) is 0 Å². The number of rotatable bonds is 34. The third kappa shape index (κ3) is 34.6. The molecule has 4 heteroatoms. The van der Waals surface area contributed by atoms with Gasteiger partial charge in [0, 0.05) is 12.8 Å². The second kappa shape index (κ2) is 35.6. The molecule has 1 atom stereocenters. The lowest BCUT2D eigenvalue weighted by Gasteiger charge is -2.16. The Bertz CT molecular complexity index is 708. The highest BCUT2D eigenvalue weighted by Crippen LogP contribution is 2.16. The van der Waals surface area contributed by atoms with E-state index in [0.717, 1.165) is 57.8 Å². The summed E-state index contributed by atoms with van der Waals surface area (Å²) in [5, 5.41) is 8.66. The summed E-state index contributed by atoms with van der Waals surface area (Å²) in [4.78, 5) is 22.8. The fourth-order valence-corrected chi connectivity index (χ4v) is 5.49. The van der Waals surface area contributed by atoms with Gasteiger partial charge < -0.3 is 9.84 Å². The number of ether oxygens (including phenoxy) is 1. The van der Waals surface area contributed by atoms with E-state index in [2.05, 4.69) is 50.3 Å². The maximum atomic E-state index is 12.3. The van der Waals surface area contributed by atoms with Crippen LogP contribution in [-0.4, -0.2) is 23.1 Å². The Morgan fingerprint density at radius 1 is 0.523 bits per heavy atom. The van der Waals surface area contributed by atoms with Gasteiger partial charge in [0.1, 0.15) is 6.10 Å². The zero-order chi connectivity index (χ0) is 32.2. The summed E-state index contributed by atoms with van der Waals surface area (Å²) in [6.45, 7) is 4.38. The lowest BCUT2D eigenvalue weighted by atomic mass is 10.0. The molecule has 4 nitrogen and oxygen atoms in total. The maximum Gasteiger partial charge on any atom is 0.306 e. The summed E-state index contributed by atoms with van der Waals surface area (Å²) in [6, 6.07) is 0. The molecule has 0 aromatic rings. The van der Waals surface area contributed by atoms with Crippen LogP contribution in [0.2, 0.25) is 0 Å². The van der Waals surface area contributed by atoms with Crippen LogP contribution in [0.4, 0.5) is 0 Å². The van der Waals surface area contributed by atoms with Crippen molar-refractivity contribution in [1.82, 2.24) is 0 Å². The molecule has 0 aliphatic heterocycles. The van der Waals surface area contributed by atoms with Crippen LogP contribution >= 0.6 is 0 Å². The molecule has 0 fully saturated rings. The average Bonchev–Trinajstić information content (AvgIpc) is 3.01. The minimum Gasteiger partial charge on any atom is -0.481 e. The topological polar surface area (TPSA) is 63.6 Å². The smallest absolute Gasteiger partial charge is 0.306 e. The normalized spacial score (nSPS) is 12.6. The van der Waals surface area contributed by atoms with E-state index in [0.29, 0.717) is 12.8 Å². The molecule has 1 N–H and O–H groups in total. The van der Waals surface area contributed by atoms with E-state index in [4.69, 9.17) is 9.84 Å². The number of hydrogen-bond acceptors (Lipinski definition) is 3.